The SMILES string of the molecule is C#CCCCC1=C(O[Si](C(C)C)(C(C)C)C(C)C)N(C(=O)c2ccccc2)CCC1. The number of allylic oxidation sites excluding steroid dienone is 1. The zero-order chi connectivity index (χ0) is 22.3. The molecule has 0 saturated heterocycles. The van der Waals surface area contributed by atoms with Crippen molar-refractivity contribution in [3.8, 4) is 12.3 Å². The quantitative estimate of drug-likeness (QED) is 0.239. The maximum absolute atomic E-state index is 13.5. The van der Waals surface area contributed by atoms with Gasteiger partial charge in [0.2, 0.25) is 0 Å². The second-order valence-electron chi connectivity index (χ2n) is 9.31. The summed E-state index contributed by atoms with van der Waals surface area (Å²) in [7, 11) is -2.19. The third-order valence-corrected chi connectivity index (χ3v) is 12.4. The average Bonchev–Trinajstić information content (AvgIpc) is 2.72. The largest absolute Gasteiger partial charge is 0.531 e. The third kappa shape index (κ3) is 5.18. The first-order valence-corrected chi connectivity index (χ1v) is 13.6. The van der Waals surface area contributed by atoms with Gasteiger partial charge in [0, 0.05) is 18.5 Å². The van der Waals surface area contributed by atoms with Crippen LogP contribution in [0.5, 0.6) is 0 Å². The number of unbranched alkanes of at least 4 members (excludes halogenated alkanes) is 1. The molecule has 0 aromatic heterocycles. The molecule has 1 aliphatic heterocycles. The Hall–Kier alpha value is -1.99. The van der Waals surface area contributed by atoms with E-state index < -0.39 is 8.32 Å². The normalized spacial score (nSPS) is 15.1. The molecule has 1 aliphatic rings. The van der Waals surface area contributed by atoms with Crippen molar-refractivity contribution in [3.05, 3.63) is 47.4 Å². The first-order chi connectivity index (χ1) is 14.3. The topological polar surface area (TPSA) is 29.5 Å². The molecule has 0 N–H and O–H groups in total. The molecule has 1 amide bonds. The highest BCUT2D eigenvalue weighted by Gasteiger charge is 2.49. The molecule has 1 heterocycles. The Balaban J connectivity index is 2.53. The molecular weight excluding hydrogens is 386 g/mol. The summed E-state index contributed by atoms with van der Waals surface area (Å²) in [6, 6.07) is 9.57. The minimum atomic E-state index is -2.19. The van der Waals surface area contributed by atoms with Gasteiger partial charge in [0.25, 0.3) is 14.2 Å². The van der Waals surface area contributed by atoms with Crippen molar-refractivity contribution in [2.45, 2.75) is 90.3 Å². The molecule has 0 spiro atoms. The maximum atomic E-state index is 13.5. The molecular formula is C26H39NO2Si. The first-order valence-electron chi connectivity index (χ1n) is 11.5. The first kappa shape index (κ1) is 24.3. The van der Waals surface area contributed by atoms with Gasteiger partial charge in [-0.3, -0.25) is 9.69 Å². The molecule has 0 unspecified atom stereocenters. The molecule has 164 valence electrons. The van der Waals surface area contributed by atoms with Gasteiger partial charge in [0.1, 0.15) is 0 Å². The number of hydrogen-bond donors (Lipinski definition) is 0. The summed E-state index contributed by atoms with van der Waals surface area (Å²) >= 11 is 0. The highest BCUT2D eigenvalue weighted by molar-refractivity contribution is 6.77. The molecule has 3 nitrogen and oxygen atoms in total. The van der Waals surface area contributed by atoms with Gasteiger partial charge in [-0.05, 0) is 60.0 Å². The van der Waals surface area contributed by atoms with E-state index in [1.165, 1.54) is 5.57 Å². The molecule has 0 aliphatic carbocycles. The van der Waals surface area contributed by atoms with Crippen LogP contribution >= 0.6 is 0 Å². The number of hydrogen-bond acceptors (Lipinski definition) is 2. The molecule has 30 heavy (non-hydrogen) atoms. The lowest BCUT2D eigenvalue weighted by Crippen LogP contribution is -2.50. The Morgan fingerprint density at radius 2 is 1.70 bits per heavy atom. The summed E-state index contributed by atoms with van der Waals surface area (Å²) in [6.07, 6.45) is 10.0. The van der Waals surface area contributed by atoms with Crippen LogP contribution in [0.15, 0.2) is 41.8 Å². The number of nitrogens with zero attached hydrogens (tertiary/aromatic N) is 1. The lowest BCUT2D eigenvalue weighted by Gasteiger charge is -2.46. The molecule has 1 aromatic carbocycles. The van der Waals surface area contributed by atoms with Crippen LogP contribution in [-0.2, 0) is 4.43 Å². The average molecular weight is 426 g/mol. The van der Waals surface area contributed by atoms with Crippen LogP contribution < -0.4 is 0 Å². The van der Waals surface area contributed by atoms with E-state index in [0.29, 0.717) is 23.2 Å². The fourth-order valence-corrected chi connectivity index (χ4v) is 10.4. The van der Waals surface area contributed by atoms with Crippen molar-refractivity contribution in [2.24, 2.45) is 0 Å². The number of carbonyl (C=O) groups is 1. The number of benzene rings is 1. The van der Waals surface area contributed by atoms with Crippen molar-refractivity contribution in [3.63, 3.8) is 0 Å². The Labute approximate surface area is 185 Å². The zero-order valence-corrected chi connectivity index (χ0v) is 20.7. The molecule has 0 atom stereocenters. The Morgan fingerprint density at radius 3 is 2.23 bits per heavy atom. The van der Waals surface area contributed by atoms with Gasteiger partial charge in [0.15, 0.2) is 5.88 Å². The fraction of sp³-hybridized carbons (Fsp3) is 0.577. The Kier molecular flexibility index (Phi) is 8.79. The van der Waals surface area contributed by atoms with Crippen LogP contribution in [0.25, 0.3) is 0 Å². The van der Waals surface area contributed by atoms with Crippen molar-refractivity contribution in [1.82, 2.24) is 4.90 Å². The molecule has 4 heteroatoms. The minimum Gasteiger partial charge on any atom is -0.531 e. The zero-order valence-electron chi connectivity index (χ0n) is 19.7. The van der Waals surface area contributed by atoms with Gasteiger partial charge in [-0.15, -0.1) is 12.3 Å². The smallest absolute Gasteiger partial charge is 0.260 e. The molecule has 0 bridgehead atoms. The van der Waals surface area contributed by atoms with Crippen LogP contribution in [0.3, 0.4) is 0 Å². The van der Waals surface area contributed by atoms with E-state index in [9.17, 15) is 4.79 Å². The van der Waals surface area contributed by atoms with E-state index >= 15 is 0 Å². The molecule has 0 radical (unpaired) electrons. The van der Waals surface area contributed by atoms with Gasteiger partial charge in [-0.1, -0.05) is 59.7 Å². The van der Waals surface area contributed by atoms with Crippen LogP contribution in [-0.4, -0.2) is 25.7 Å². The summed E-state index contributed by atoms with van der Waals surface area (Å²) in [5.74, 6) is 3.63. The highest BCUT2D eigenvalue weighted by atomic mass is 28.4. The predicted octanol–water partition coefficient (Wildman–Crippen LogP) is 7.13. The van der Waals surface area contributed by atoms with Crippen molar-refractivity contribution in [1.29, 1.82) is 0 Å². The monoisotopic (exact) mass is 425 g/mol. The fourth-order valence-electron chi connectivity index (χ4n) is 5.06. The van der Waals surface area contributed by atoms with Crippen LogP contribution in [0, 0.1) is 12.3 Å². The van der Waals surface area contributed by atoms with Gasteiger partial charge in [-0.25, -0.2) is 0 Å². The summed E-state index contributed by atoms with van der Waals surface area (Å²) in [4.78, 5) is 15.4. The standard InChI is InChI=1S/C26H39NO2Si/c1-8-9-11-17-24-18-14-19-27(25(28)23-15-12-10-13-16-23)26(24)29-30(20(2)3,21(4)5)22(6)7/h1,10,12-13,15-16,20-22H,9,11,14,17-19H2,2-7H3. The maximum Gasteiger partial charge on any atom is 0.260 e. The summed E-state index contributed by atoms with van der Waals surface area (Å²) in [5, 5.41) is 0. The van der Waals surface area contributed by atoms with E-state index in [1.807, 2.05) is 35.2 Å². The summed E-state index contributed by atoms with van der Waals surface area (Å²) in [5.41, 5.74) is 3.33. The highest BCUT2D eigenvalue weighted by Crippen LogP contribution is 2.45. The number of rotatable bonds is 9. The van der Waals surface area contributed by atoms with E-state index in [1.54, 1.807) is 0 Å². The molecule has 1 aromatic rings. The van der Waals surface area contributed by atoms with E-state index in [-0.39, 0.29) is 5.91 Å². The van der Waals surface area contributed by atoms with Gasteiger partial charge in [0.05, 0.1) is 0 Å². The van der Waals surface area contributed by atoms with Gasteiger partial charge >= 0.3 is 0 Å². The molecule has 0 fully saturated rings. The van der Waals surface area contributed by atoms with Crippen LogP contribution in [0.1, 0.15) is 84.0 Å². The van der Waals surface area contributed by atoms with Crippen LogP contribution in [0.4, 0.5) is 0 Å². The second kappa shape index (κ2) is 10.9. The summed E-state index contributed by atoms with van der Waals surface area (Å²) in [6.45, 7) is 14.4. The summed E-state index contributed by atoms with van der Waals surface area (Å²) < 4.78 is 7.13. The van der Waals surface area contributed by atoms with Crippen LogP contribution in [0.2, 0.25) is 16.6 Å². The number of amides is 1. The van der Waals surface area contributed by atoms with Crippen molar-refractivity contribution in [2.75, 3.05) is 6.54 Å². The lowest BCUT2D eigenvalue weighted by atomic mass is 10.00. The second-order valence-corrected chi connectivity index (χ2v) is 14.7. The Morgan fingerprint density at radius 1 is 1.10 bits per heavy atom. The van der Waals surface area contributed by atoms with E-state index in [0.717, 1.165) is 43.6 Å². The molecule has 2 rings (SSSR count). The van der Waals surface area contributed by atoms with Crippen molar-refractivity contribution < 1.29 is 9.22 Å². The predicted molar refractivity (Wildman–Crippen MR) is 129 cm³/mol. The number of carbonyl (C=O) groups excluding carboxylic acids is 1. The lowest BCUT2D eigenvalue weighted by molar-refractivity contribution is 0.0703. The van der Waals surface area contributed by atoms with Crippen molar-refractivity contribution >= 4 is 14.2 Å². The van der Waals surface area contributed by atoms with E-state index in [2.05, 4.69) is 47.5 Å². The van der Waals surface area contributed by atoms with Gasteiger partial charge in [-0.2, -0.15) is 0 Å². The number of terminal acetylenes is 1. The van der Waals surface area contributed by atoms with E-state index in [4.69, 9.17) is 10.8 Å². The Bertz CT molecular complexity index is 752. The molecule has 0 saturated carbocycles. The third-order valence-electron chi connectivity index (χ3n) is 6.45. The minimum absolute atomic E-state index is 0.0407. The van der Waals surface area contributed by atoms with Gasteiger partial charge < -0.3 is 4.43 Å².